The number of fused-ring (bicyclic) bond motifs is 14. The zero-order chi connectivity index (χ0) is 57.0. The van der Waals surface area contributed by atoms with Gasteiger partial charge in [0.15, 0.2) is 23.2 Å². The fourth-order valence-corrected chi connectivity index (χ4v) is 13.4. The third kappa shape index (κ3) is 7.26. The highest BCUT2D eigenvalue weighted by atomic mass is 15.1. The lowest BCUT2D eigenvalue weighted by Crippen LogP contribution is -2.06. The molecule has 9 heteroatoms. The van der Waals surface area contributed by atoms with Crippen molar-refractivity contribution in [2.45, 2.75) is 0 Å². The van der Waals surface area contributed by atoms with Gasteiger partial charge in [-0.15, -0.1) is 0 Å². The third-order valence-electron chi connectivity index (χ3n) is 17.1. The van der Waals surface area contributed by atoms with E-state index in [9.17, 15) is 5.26 Å². The fourth-order valence-electron chi connectivity index (χ4n) is 13.4. The molecular formula is C77H45N9. The number of para-hydroxylation sites is 7. The molecule has 0 N–H and O–H groups in total. The van der Waals surface area contributed by atoms with Crippen molar-refractivity contribution in [3.05, 3.63) is 290 Å². The zero-order valence-electron chi connectivity index (χ0n) is 46.0. The zero-order valence-corrected chi connectivity index (χ0v) is 46.0. The molecule has 9 nitrogen and oxygen atoms in total. The maximum atomic E-state index is 10.8. The SMILES string of the molecule is [C-]#[N+]c1ccccc1-c1ccc(-n2c3ccccc3c3c2ccc2c4ccccc4n(-c4ccccc4)c23)c(-c2nc(-c3ccccc3)nc(-c3cc(C#N)ccc3-n3c4ccccc4c4c3ccc3c5ccccc5n(-c5ccccc5)c34)n2)c1. The molecular weight excluding hydrogens is 1050 g/mol. The first kappa shape index (κ1) is 48.5. The van der Waals surface area contributed by atoms with E-state index in [1.165, 1.54) is 10.8 Å². The molecule has 0 radical (unpaired) electrons. The minimum atomic E-state index is 0.389. The number of nitrogens with zero attached hydrogens (tertiary/aromatic N) is 9. The Kier molecular flexibility index (Phi) is 10.8. The Hall–Kier alpha value is -12.2. The maximum absolute atomic E-state index is 10.8. The van der Waals surface area contributed by atoms with Crippen molar-refractivity contribution in [1.29, 1.82) is 5.26 Å². The number of hydrogen-bond donors (Lipinski definition) is 0. The summed E-state index contributed by atoms with van der Waals surface area (Å²) in [5, 5.41) is 19.8. The Morgan fingerprint density at radius 1 is 0.326 bits per heavy atom. The lowest BCUT2D eigenvalue weighted by molar-refractivity contribution is 1.06. The van der Waals surface area contributed by atoms with Gasteiger partial charge in [0.1, 0.15) is 0 Å². The fraction of sp³-hybridized carbons (Fsp3) is 0. The number of nitriles is 1. The van der Waals surface area contributed by atoms with Crippen LogP contribution in [-0.2, 0) is 0 Å². The molecule has 0 unspecified atom stereocenters. The molecule has 0 aliphatic heterocycles. The maximum Gasteiger partial charge on any atom is 0.194 e. The minimum Gasteiger partial charge on any atom is -0.309 e. The van der Waals surface area contributed by atoms with E-state index in [4.69, 9.17) is 21.5 Å². The first-order valence-electron chi connectivity index (χ1n) is 28.6. The van der Waals surface area contributed by atoms with Crippen molar-refractivity contribution < 1.29 is 0 Å². The highest BCUT2D eigenvalue weighted by Gasteiger charge is 2.27. The highest BCUT2D eigenvalue weighted by Crippen LogP contribution is 2.47. The summed E-state index contributed by atoms with van der Waals surface area (Å²) in [5.74, 6) is 1.27. The number of aromatic nitrogens is 7. The van der Waals surface area contributed by atoms with Crippen molar-refractivity contribution in [3.8, 4) is 74.1 Å². The Balaban J connectivity index is 0.968. The van der Waals surface area contributed by atoms with Crippen LogP contribution in [0, 0.1) is 17.9 Å². The topological polar surface area (TPSA) is 86.5 Å². The summed E-state index contributed by atoms with van der Waals surface area (Å²) in [6, 6.07) is 97.1. The van der Waals surface area contributed by atoms with Gasteiger partial charge in [0.2, 0.25) is 0 Å². The molecule has 0 aliphatic rings. The molecule has 0 fully saturated rings. The third-order valence-corrected chi connectivity index (χ3v) is 17.1. The van der Waals surface area contributed by atoms with Gasteiger partial charge in [-0.25, -0.2) is 19.8 Å². The number of hydrogen-bond acceptors (Lipinski definition) is 4. The van der Waals surface area contributed by atoms with Crippen LogP contribution >= 0.6 is 0 Å². The summed E-state index contributed by atoms with van der Waals surface area (Å²) in [7, 11) is 0. The van der Waals surface area contributed by atoms with E-state index in [-0.39, 0.29) is 0 Å². The van der Waals surface area contributed by atoms with E-state index in [0.717, 1.165) is 121 Å². The Morgan fingerprint density at radius 3 is 1.28 bits per heavy atom. The average Bonchev–Trinajstić information content (AvgIpc) is 1.75. The van der Waals surface area contributed by atoms with E-state index in [1.807, 2.05) is 72.8 Å². The summed E-state index contributed by atoms with van der Waals surface area (Å²) in [5.41, 5.74) is 17.0. The molecule has 0 atom stereocenters. The van der Waals surface area contributed by atoms with Gasteiger partial charge >= 0.3 is 0 Å². The summed E-state index contributed by atoms with van der Waals surface area (Å²) in [6.07, 6.45) is 0. The predicted molar refractivity (Wildman–Crippen MR) is 350 cm³/mol. The van der Waals surface area contributed by atoms with Crippen LogP contribution < -0.4 is 0 Å². The van der Waals surface area contributed by atoms with Crippen molar-refractivity contribution in [2.75, 3.05) is 0 Å². The van der Waals surface area contributed by atoms with E-state index in [0.29, 0.717) is 34.3 Å². The van der Waals surface area contributed by atoms with Gasteiger partial charge in [0.25, 0.3) is 0 Å². The first-order valence-corrected chi connectivity index (χ1v) is 28.6. The van der Waals surface area contributed by atoms with Gasteiger partial charge in [-0.1, -0.05) is 182 Å². The molecule has 0 spiro atoms. The quantitative estimate of drug-likeness (QED) is 0.142. The second kappa shape index (κ2) is 19.2. The lowest BCUT2D eigenvalue weighted by atomic mass is 9.99. The van der Waals surface area contributed by atoms with Crippen molar-refractivity contribution in [1.82, 2.24) is 33.2 Å². The second-order valence-electron chi connectivity index (χ2n) is 21.7. The molecule has 0 bridgehead atoms. The molecule has 86 heavy (non-hydrogen) atoms. The second-order valence-corrected chi connectivity index (χ2v) is 21.7. The van der Waals surface area contributed by atoms with Crippen LogP contribution in [-0.4, -0.2) is 33.2 Å². The monoisotopic (exact) mass is 1100 g/mol. The minimum absolute atomic E-state index is 0.389. The van der Waals surface area contributed by atoms with Crippen LogP contribution in [0.5, 0.6) is 0 Å². The van der Waals surface area contributed by atoms with Gasteiger partial charge in [-0.05, 0) is 102 Å². The van der Waals surface area contributed by atoms with Crippen LogP contribution in [0.25, 0.3) is 160 Å². The Labute approximate surface area is 492 Å². The molecule has 0 aliphatic carbocycles. The molecule has 398 valence electrons. The molecule has 5 aromatic heterocycles. The van der Waals surface area contributed by atoms with Gasteiger partial charge in [-0.2, -0.15) is 5.26 Å². The lowest BCUT2D eigenvalue weighted by Gasteiger charge is -2.18. The van der Waals surface area contributed by atoms with Gasteiger partial charge in [0.05, 0.1) is 73.7 Å². The predicted octanol–water partition coefficient (Wildman–Crippen LogP) is 19.4. The largest absolute Gasteiger partial charge is 0.309 e. The molecule has 12 aromatic carbocycles. The number of rotatable bonds is 8. The van der Waals surface area contributed by atoms with Crippen LogP contribution in [0.2, 0.25) is 0 Å². The van der Waals surface area contributed by atoms with E-state index in [1.54, 1.807) is 0 Å². The van der Waals surface area contributed by atoms with Crippen LogP contribution in [0.1, 0.15) is 5.56 Å². The smallest absolute Gasteiger partial charge is 0.194 e. The molecule has 5 heterocycles. The summed E-state index contributed by atoms with van der Waals surface area (Å²) in [4.78, 5) is 20.6. The first-order chi connectivity index (χ1) is 42.6. The Bertz CT molecular complexity index is 5740. The summed E-state index contributed by atoms with van der Waals surface area (Å²) < 4.78 is 9.44. The Morgan fingerprint density at radius 2 is 0.756 bits per heavy atom. The van der Waals surface area contributed by atoms with Crippen LogP contribution in [0.15, 0.2) is 273 Å². The van der Waals surface area contributed by atoms with Gasteiger partial charge in [-0.3, -0.25) is 0 Å². The van der Waals surface area contributed by atoms with E-state index < -0.39 is 0 Å². The summed E-state index contributed by atoms with van der Waals surface area (Å²) >= 11 is 0. The summed E-state index contributed by atoms with van der Waals surface area (Å²) in [6.45, 7) is 8.31. The van der Waals surface area contributed by atoms with E-state index >= 15 is 0 Å². The van der Waals surface area contributed by atoms with Crippen molar-refractivity contribution >= 4 is 92.9 Å². The molecule has 0 saturated carbocycles. The molecule has 0 amide bonds. The van der Waals surface area contributed by atoms with Gasteiger partial charge < -0.3 is 18.3 Å². The van der Waals surface area contributed by atoms with Gasteiger partial charge in [0, 0.05) is 71.2 Å². The van der Waals surface area contributed by atoms with Crippen LogP contribution in [0.3, 0.4) is 0 Å². The molecule has 17 aromatic rings. The van der Waals surface area contributed by atoms with Crippen molar-refractivity contribution in [3.63, 3.8) is 0 Å². The average molecular weight is 1100 g/mol. The molecule has 17 rings (SSSR count). The molecule has 0 saturated heterocycles. The van der Waals surface area contributed by atoms with Crippen molar-refractivity contribution in [2.24, 2.45) is 0 Å². The highest BCUT2D eigenvalue weighted by molar-refractivity contribution is 6.28. The standard InChI is InChI=1S/C77H45N9/c1-79-62-32-16-11-27-53(62)50-38-42-68(86-66-36-20-15-31-59(66)72-70(86)44-40-57-55-29-13-18-34-64(55)84(74(57)72)52-25-9-4-10-26-52)61(46-50)77-81-75(49-21-5-2-6-22-49)80-76(82-77)60-45-48(47-78)37-41-67(60)85-65-35-19-14-30-58(65)71-69(85)43-39-56-54-28-12-17-33-63(54)83(73(56)71)51-23-7-3-8-24-51/h2-46H. The normalized spacial score (nSPS) is 11.7. The van der Waals surface area contributed by atoms with Crippen LogP contribution in [0.4, 0.5) is 5.69 Å². The number of benzene rings is 12. The van der Waals surface area contributed by atoms with E-state index in [2.05, 4.69) is 229 Å².